The largest absolute Gasteiger partial charge is 0.447 e. The Bertz CT molecular complexity index is 1300. The van der Waals surface area contributed by atoms with Crippen molar-refractivity contribution >= 4 is 46.1 Å². The molecular weight excluding hydrogens is 510 g/mol. The summed E-state index contributed by atoms with van der Waals surface area (Å²) in [6, 6.07) is 9.01. The maximum Gasteiger partial charge on any atom is 0.412 e. The highest BCUT2D eigenvalue weighted by molar-refractivity contribution is 6.31. The highest BCUT2D eigenvalue weighted by Crippen LogP contribution is 2.20. The predicted molar refractivity (Wildman–Crippen MR) is 133 cm³/mol. The summed E-state index contributed by atoms with van der Waals surface area (Å²) in [7, 11) is 0. The molecule has 3 rings (SSSR count). The molecule has 1 atom stereocenters. The van der Waals surface area contributed by atoms with Gasteiger partial charge in [-0.15, -0.1) is 0 Å². The van der Waals surface area contributed by atoms with E-state index >= 15 is 0 Å². The van der Waals surface area contributed by atoms with Crippen molar-refractivity contribution in [2.45, 2.75) is 19.5 Å². The van der Waals surface area contributed by atoms with Crippen molar-refractivity contribution in [2.24, 2.45) is 5.73 Å². The minimum absolute atomic E-state index is 0.0265. The maximum atomic E-state index is 13.8. The molecule has 0 radical (unpaired) electrons. The fourth-order valence-corrected chi connectivity index (χ4v) is 3.57. The number of pyridine rings is 1. The lowest BCUT2D eigenvalue weighted by Gasteiger charge is -2.31. The van der Waals surface area contributed by atoms with Gasteiger partial charge in [-0.05, 0) is 41.3 Å². The Morgan fingerprint density at radius 3 is 2.68 bits per heavy atom. The number of anilines is 1. The summed E-state index contributed by atoms with van der Waals surface area (Å²) in [5, 5.41) is 7.22. The Hall–Kier alpha value is -3.87. The maximum absolute atomic E-state index is 13.8. The van der Waals surface area contributed by atoms with Crippen molar-refractivity contribution in [3.05, 3.63) is 70.9 Å². The molecule has 0 bridgehead atoms. The van der Waals surface area contributed by atoms with E-state index in [9.17, 15) is 23.2 Å². The number of ether oxygens (including phenoxy) is 1. The first-order valence-electron chi connectivity index (χ1n) is 11.1. The zero-order valence-electron chi connectivity index (χ0n) is 19.8. The number of halogens is 3. The molecule has 0 spiro atoms. The van der Waals surface area contributed by atoms with Crippen LogP contribution in [0, 0.1) is 11.6 Å². The number of amides is 3. The number of hydrazine groups is 1. The monoisotopic (exact) mass is 534 g/mol. The first kappa shape index (κ1) is 27.7. The number of nitrogens with two attached hydrogens (primary N) is 1. The number of fused-ring (bicyclic) bond motifs is 1. The first-order chi connectivity index (χ1) is 17.7. The molecule has 0 aliphatic carbocycles. The van der Waals surface area contributed by atoms with Crippen LogP contribution in [0.3, 0.4) is 0 Å². The summed E-state index contributed by atoms with van der Waals surface area (Å²) in [5.74, 6) is -1.89. The van der Waals surface area contributed by atoms with Crippen molar-refractivity contribution in [1.82, 2.24) is 20.7 Å². The van der Waals surface area contributed by atoms with E-state index in [0.717, 1.165) is 5.01 Å². The molecule has 37 heavy (non-hydrogen) atoms. The van der Waals surface area contributed by atoms with E-state index in [-0.39, 0.29) is 37.1 Å². The summed E-state index contributed by atoms with van der Waals surface area (Å²) in [5.41, 5.74) is 8.55. The molecule has 10 nitrogen and oxygen atoms in total. The number of aromatic nitrogens is 1. The van der Waals surface area contributed by atoms with Gasteiger partial charge in [-0.25, -0.2) is 24.0 Å². The van der Waals surface area contributed by atoms with Crippen LogP contribution in [0.15, 0.2) is 48.7 Å². The number of nitrogens with one attached hydrogen (secondary N) is 3. The average Bonchev–Trinajstić information content (AvgIpc) is 2.86. The Kier molecular flexibility index (Phi) is 9.66. The fourth-order valence-electron chi connectivity index (χ4n) is 3.37. The molecular formula is C24H25ClF2N6O4. The molecule has 196 valence electrons. The predicted octanol–water partition coefficient (Wildman–Crippen LogP) is 2.71. The highest BCUT2D eigenvalue weighted by Gasteiger charge is 2.24. The first-order valence-corrected chi connectivity index (χ1v) is 11.5. The van der Waals surface area contributed by atoms with Crippen LogP contribution >= 0.6 is 11.6 Å². The lowest BCUT2D eigenvalue weighted by molar-refractivity contribution is -0.137. The van der Waals surface area contributed by atoms with E-state index in [1.807, 2.05) is 0 Å². The van der Waals surface area contributed by atoms with Gasteiger partial charge in [-0.1, -0.05) is 23.7 Å². The molecule has 13 heteroatoms. The number of hydrogen-bond acceptors (Lipinski definition) is 7. The second-order valence-electron chi connectivity index (χ2n) is 7.88. The summed E-state index contributed by atoms with van der Waals surface area (Å²) in [6.45, 7) is 0.495. The smallest absolute Gasteiger partial charge is 0.412 e. The summed E-state index contributed by atoms with van der Waals surface area (Å²) in [4.78, 5) is 40.6. The Morgan fingerprint density at radius 1 is 1.16 bits per heavy atom. The third-order valence-corrected chi connectivity index (χ3v) is 5.64. The van der Waals surface area contributed by atoms with Gasteiger partial charge < -0.3 is 15.8 Å². The van der Waals surface area contributed by atoms with Crippen LogP contribution in [0.5, 0.6) is 0 Å². The number of hydrogen-bond donors (Lipinski definition) is 4. The van der Waals surface area contributed by atoms with Gasteiger partial charge in [0, 0.05) is 31.6 Å². The zero-order chi connectivity index (χ0) is 26.9. The van der Waals surface area contributed by atoms with Gasteiger partial charge in [0.15, 0.2) is 0 Å². The highest BCUT2D eigenvalue weighted by atomic mass is 35.5. The summed E-state index contributed by atoms with van der Waals surface area (Å²) in [6.07, 6.45) is 0.573. The van der Waals surface area contributed by atoms with Gasteiger partial charge in [0.2, 0.25) is 11.8 Å². The Labute approximate surface area is 216 Å². The van der Waals surface area contributed by atoms with Crippen LogP contribution in [-0.4, -0.2) is 53.6 Å². The molecule has 1 heterocycles. The summed E-state index contributed by atoms with van der Waals surface area (Å²) >= 11 is 5.99. The minimum atomic E-state index is -0.893. The zero-order valence-corrected chi connectivity index (χ0v) is 20.5. The van der Waals surface area contributed by atoms with Crippen LogP contribution < -0.4 is 21.8 Å². The normalized spacial score (nSPS) is 11.6. The molecule has 0 saturated carbocycles. The van der Waals surface area contributed by atoms with E-state index in [1.54, 1.807) is 12.1 Å². The molecule has 2 aromatic carbocycles. The third-order valence-electron chi connectivity index (χ3n) is 5.22. The molecule has 3 aromatic rings. The molecule has 1 aromatic heterocycles. The van der Waals surface area contributed by atoms with Crippen LogP contribution in [0.2, 0.25) is 5.02 Å². The average molecular weight is 535 g/mol. The van der Waals surface area contributed by atoms with E-state index in [0.29, 0.717) is 16.3 Å². The molecule has 0 saturated heterocycles. The Balaban J connectivity index is 1.69. The molecule has 3 amide bonds. The number of carbonyl (C=O) groups excluding carboxylic acids is 3. The lowest BCUT2D eigenvalue weighted by atomic mass is 10.2. The van der Waals surface area contributed by atoms with Crippen molar-refractivity contribution in [1.29, 1.82) is 0 Å². The Morgan fingerprint density at radius 2 is 1.95 bits per heavy atom. The number of rotatable bonds is 10. The van der Waals surface area contributed by atoms with Gasteiger partial charge >= 0.3 is 6.09 Å². The molecule has 0 fully saturated rings. The quantitative estimate of drug-likeness (QED) is 0.293. The second-order valence-corrected chi connectivity index (χ2v) is 8.26. The van der Waals surface area contributed by atoms with Crippen molar-refractivity contribution in [3.8, 4) is 0 Å². The van der Waals surface area contributed by atoms with Crippen LogP contribution in [0.1, 0.15) is 12.5 Å². The van der Waals surface area contributed by atoms with Gasteiger partial charge in [-0.3, -0.25) is 19.9 Å². The van der Waals surface area contributed by atoms with Crippen molar-refractivity contribution < 1.29 is 27.9 Å². The van der Waals surface area contributed by atoms with E-state index in [1.165, 1.54) is 43.5 Å². The number of benzene rings is 2. The van der Waals surface area contributed by atoms with Gasteiger partial charge in [0.25, 0.3) is 0 Å². The standard InChI is InChI=1S/C24H25ClF2N6O4/c1-14(34)33(31-11-16-3-2-4-20(27)23(16)25)19(12-30-22(35)9-28)13-37-24(36)32-21-8-17-7-18(26)6-5-15(17)10-29-21/h2-8,10,19,31H,9,11-13,28H2,1H3,(H,30,35)(H,29,32,36)/t19-/m0/s1. The third kappa shape index (κ3) is 7.81. The second kappa shape index (κ2) is 12.9. The van der Waals surface area contributed by atoms with Crippen molar-refractivity contribution in [3.63, 3.8) is 0 Å². The molecule has 5 N–H and O–H groups in total. The van der Waals surface area contributed by atoms with Gasteiger partial charge in [0.1, 0.15) is 24.1 Å². The van der Waals surface area contributed by atoms with Crippen LogP contribution in [0.25, 0.3) is 10.8 Å². The molecule has 0 unspecified atom stereocenters. The fraction of sp³-hybridized carbons (Fsp3) is 0.250. The van der Waals surface area contributed by atoms with E-state index in [4.69, 9.17) is 22.1 Å². The van der Waals surface area contributed by atoms with Crippen LogP contribution in [-0.2, 0) is 20.9 Å². The summed E-state index contributed by atoms with van der Waals surface area (Å²) < 4.78 is 32.6. The van der Waals surface area contributed by atoms with Gasteiger partial charge in [0.05, 0.1) is 17.6 Å². The van der Waals surface area contributed by atoms with E-state index in [2.05, 4.69) is 21.0 Å². The molecule has 0 aliphatic heterocycles. The number of nitrogens with zero attached hydrogens (tertiary/aromatic N) is 2. The van der Waals surface area contributed by atoms with Crippen molar-refractivity contribution in [2.75, 3.05) is 25.0 Å². The van der Waals surface area contributed by atoms with Gasteiger partial charge in [-0.2, -0.15) is 0 Å². The lowest BCUT2D eigenvalue weighted by Crippen LogP contribution is -2.55. The number of carbonyl (C=O) groups is 3. The van der Waals surface area contributed by atoms with Crippen LogP contribution in [0.4, 0.5) is 19.4 Å². The SMILES string of the molecule is CC(=O)N(NCc1cccc(F)c1Cl)[C@@H](CNC(=O)CN)COC(=O)Nc1cc2cc(F)ccc2cn1. The van der Waals surface area contributed by atoms with E-state index < -0.39 is 35.6 Å². The molecule has 0 aliphatic rings. The topological polar surface area (TPSA) is 139 Å². The minimum Gasteiger partial charge on any atom is -0.447 e.